The number of aromatic nitrogens is 2. The standard InChI is InChI=1S/C27H25Cl2N3O4S/c1-27(2,16-33)31-26(34)22-14-32(25(30-22)24-20(28)9-6-10-21(24)29)23-12-11-18(13-19(23)15-37(35)36)17-7-4-3-5-8-17/h3-14,33H,15-16H2,1-2H3,(H,31,34)(H,35,36). The predicted octanol–water partition coefficient (Wildman–Crippen LogP) is 5.74. The van der Waals surface area contributed by atoms with E-state index in [2.05, 4.69) is 10.3 Å². The largest absolute Gasteiger partial charge is 0.394 e. The van der Waals surface area contributed by atoms with Gasteiger partial charge in [0.05, 0.1) is 39.2 Å². The minimum atomic E-state index is -2.13. The number of amides is 1. The SMILES string of the molecule is CC(C)(CO)NC(=O)c1cn(-c2ccc(-c3ccccc3)cc2CS(=O)O)c(-c2c(Cl)cccc2Cl)n1. The molecule has 3 N–H and O–H groups in total. The molecule has 192 valence electrons. The van der Waals surface area contributed by atoms with E-state index in [0.717, 1.165) is 11.1 Å². The van der Waals surface area contributed by atoms with Crippen molar-refractivity contribution in [3.8, 4) is 28.2 Å². The smallest absolute Gasteiger partial charge is 0.271 e. The van der Waals surface area contributed by atoms with Crippen molar-refractivity contribution in [2.24, 2.45) is 0 Å². The van der Waals surface area contributed by atoms with Crippen LogP contribution in [0.15, 0.2) is 72.9 Å². The molecule has 0 aliphatic heterocycles. The Kier molecular flexibility index (Phi) is 8.16. The Hall–Kier alpha value is -3.01. The quantitative estimate of drug-likeness (QED) is 0.240. The first-order chi connectivity index (χ1) is 17.6. The molecule has 0 bridgehead atoms. The Bertz CT molecular complexity index is 1450. The van der Waals surface area contributed by atoms with E-state index in [9.17, 15) is 18.7 Å². The van der Waals surface area contributed by atoms with Gasteiger partial charge in [0.25, 0.3) is 5.91 Å². The molecule has 3 aromatic carbocycles. The predicted molar refractivity (Wildman–Crippen MR) is 148 cm³/mol. The highest BCUT2D eigenvalue weighted by Gasteiger charge is 2.26. The summed E-state index contributed by atoms with van der Waals surface area (Å²) in [6.45, 7) is 3.10. The van der Waals surface area contributed by atoms with E-state index >= 15 is 0 Å². The van der Waals surface area contributed by atoms with Gasteiger partial charge in [-0.3, -0.25) is 9.36 Å². The van der Waals surface area contributed by atoms with Crippen LogP contribution in [0.25, 0.3) is 28.2 Å². The van der Waals surface area contributed by atoms with Crippen molar-refractivity contribution in [2.75, 3.05) is 6.61 Å². The fraction of sp³-hybridized carbons (Fsp3) is 0.185. The average molecular weight is 558 g/mol. The molecule has 0 aliphatic carbocycles. The highest BCUT2D eigenvalue weighted by molar-refractivity contribution is 7.78. The molecule has 0 fully saturated rings. The second kappa shape index (κ2) is 11.2. The van der Waals surface area contributed by atoms with Gasteiger partial charge in [-0.25, -0.2) is 9.19 Å². The van der Waals surface area contributed by atoms with E-state index in [1.165, 1.54) is 6.20 Å². The third kappa shape index (κ3) is 6.11. The zero-order valence-electron chi connectivity index (χ0n) is 20.1. The van der Waals surface area contributed by atoms with Crippen LogP contribution in [0.5, 0.6) is 0 Å². The number of halogens is 2. The number of rotatable bonds is 8. The first-order valence-electron chi connectivity index (χ1n) is 11.3. The molecule has 10 heteroatoms. The number of carbonyl (C=O) groups is 1. The summed E-state index contributed by atoms with van der Waals surface area (Å²) in [6, 6.07) is 20.2. The van der Waals surface area contributed by atoms with Crippen molar-refractivity contribution in [3.05, 3.63) is 94.2 Å². The van der Waals surface area contributed by atoms with Gasteiger partial charge in [0.15, 0.2) is 11.1 Å². The summed E-state index contributed by atoms with van der Waals surface area (Å²) in [5.74, 6) is -0.362. The number of benzene rings is 3. The lowest BCUT2D eigenvalue weighted by molar-refractivity contribution is 0.0864. The molecule has 1 amide bonds. The van der Waals surface area contributed by atoms with Gasteiger partial charge in [0.1, 0.15) is 11.5 Å². The second-order valence-corrected chi connectivity index (χ2v) is 10.8. The normalized spacial score (nSPS) is 12.4. The van der Waals surface area contributed by atoms with Crippen molar-refractivity contribution in [1.29, 1.82) is 0 Å². The number of carbonyl (C=O) groups excluding carboxylic acids is 1. The van der Waals surface area contributed by atoms with Crippen molar-refractivity contribution in [3.63, 3.8) is 0 Å². The van der Waals surface area contributed by atoms with E-state index in [1.807, 2.05) is 42.5 Å². The molecule has 0 saturated heterocycles. The molecule has 1 heterocycles. The molecule has 7 nitrogen and oxygen atoms in total. The minimum Gasteiger partial charge on any atom is -0.394 e. The van der Waals surface area contributed by atoms with Crippen LogP contribution in [0, 0.1) is 0 Å². The highest BCUT2D eigenvalue weighted by Crippen LogP contribution is 2.36. The lowest BCUT2D eigenvalue weighted by Crippen LogP contribution is -2.46. The fourth-order valence-corrected chi connectivity index (χ4v) is 4.92. The van der Waals surface area contributed by atoms with Gasteiger partial charge in [-0.2, -0.15) is 0 Å². The molecule has 1 atom stereocenters. The lowest BCUT2D eigenvalue weighted by Gasteiger charge is -2.22. The van der Waals surface area contributed by atoms with E-state index in [4.69, 9.17) is 23.2 Å². The molecule has 4 rings (SSSR count). The summed E-state index contributed by atoms with van der Waals surface area (Å²) in [4.78, 5) is 17.6. The third-order valence-corrected chi connectivity index (χ3v) is 6.89. The van der Waals surface area contributed by atoms with Gasteiger partial charge in [0, 0.05) is 6.20 Å². The average Bonchev–Trinajstić information content (AvgIpc) is 3.29. The molecule has 0 aliphatic rings. The monoisotopic (exact) mass is 557 g/mol. The molecular formula is C27H25Cl2N3O4S. The first kappa shape index (κ1) is 27.0. The molecule has 4 aromatic rings. The fourth-order valence-electron chi connectivity index (χ4n) is 3.85. The van der Waals surface area contributed by atoms with Crippen LogP contribution in [0.4, 0.5) is 0 Å². The number of aliphatic hydroxyl groups is 1. The van der Waals surface area contributed by atoms with Crippen LogP contribution in [0.1, 0.15) is 29.9 Å². The molecule has 1 aromatic heterocycles. The van der Waals surface area contributed by atoms with Gasteiger partial charge < -0.3 is 15.0 Å². The summed E-state index contributed by atoms with van der Waals surface area (Å²) in [5, 5.41) is 13.0. The molecule has 0 radical (unpaired) electrons. The van der Waals surface area contributed by atoms with E-state index < -0.39 is 22.5 Å². The van der Waals surface area contributed by atoms with Crippen molar-refractivity contribution >= 4 is 40.2 Å². The topological polar surface area (TPSA) is 104 Å². The van der Waals surface area contributed by atoms with E-state index in [-0.39, 0.29) is 18.1 Å². The Morgan fingerprint density at radius 3 is 2.32 bits per heavy atom. The van der Waals surface area contributed by atoms with Crippen molar-refractivity contribution < 1.29 is 18.7 Å². The number of nitrogens with zero attached hydrogens (tertiary/aromatic N) is 2. The number of nitrogens with one attached hydrogen (secondary N) is 1. The van der Waals surface area contributed by atoms with Crippen LogP contribution in [0.2, 0.25) is 10.0 Å². The van der Waals surface area contributed by atoms with E-state index in [1.54, 1.807) is 42.7 Å². The molecule has 37 heavy (non-hydrogen) atoms. The highest BCUT2D eigenvalue weighted by atomic mass is 35.5. The summed E-state index contributed by atoms with van der Waals surface area (Å²) >= 11 is 10.9. The van der Waals surface area contributed by atoms with Gasteiger partial charge in [-0.15, -0.1) is 0 Å². The van der Waals surface area contributed by atoms with E-state index in [0.29, 0.717) is 32.7 Å². The number of imidazole rings is 1. The molecule has 1 unspecified atom stereocenters. The Labute approximate surface area is 227 Å². The Morgan fingerprint density at radius 1 is 1.03 bits per heavy atom. The molecule has 0 spiro atoms. The zero-order chi connectivity index (χ0) is 26.7. The second-order valence-electron chi connectivity index (χ2n) is 9.09. The van der Waals surface area contributed by atoms with Crippen molar-refractivity contribution in [1.82, 2.24) is 14.9 Å². The third-order valence-electron chi connectivity index (χ3n) is 5.70. The van der Waals surface area contributed by atoms with Gasteiger partial charge >= 0.3 is 0 Å². The Balaban J connectivity index is 1.93. The van der Waals surface area contributed by atoms with Crippen LogP contribution in [0.3, 0.4) is 0 Å². The molecular weight excluding hydrogens is 533 g/mol. The lowest BCUT2D eigenvalue weighted by atomic mass is 10.0. The number of hydrogen-bond donors (Lipinski definition) is 3. The Morgan fingerprint density at radius 2 is 1.70 bits per heavy atom. The summed E-state index contributed by atoms with van der Waals surface area (Å²) in [7, 11) is 0. The molecule has 0 saturated carbocycles. The summed E-state index contributed by atoms with van der Waals surface area (Å²) in [6.07, 6.45) is 1.53. The van der Waals surface area contributed by atoms with Crippen LogP contribution in [-0.2, 0) is 16.8 Å². The summed E-state index contributed by atoms with van der Waals surface area (Å²) in [5.41, 5.74) is 2.52. The summed E-state index contributed by atoms with van der Waals surface area (Å²) < 4.78 is 23.3. The van der Waals surface area contributed by atoms with Gasteiger partial charge in [-0.05, 0) is 54.8 Å². The maximum absolute atomic E-state index is 13.1. The number of aliphatic hydroxyl groups excluding tert-OH is 1. The van der Waals surface area contributed by atoms with Crippen LogP contribution < -0.4 is 5.32 Å². The first-order valence-corrected chi connectivity index (χ1v) is 13.4. The maximum atomic E-state index is 13.1. The van der Waals surface area contributed by atoms with Crippen molar-refractivity contribution in [2.45, 2.75) is 25.1 Å². The minimum absolute atomic E-state index is 0.0655. The van der Waals surface area contributed by atoms with Crippen LogP contribution >= 0.6 is 23.2 Å². The maximum Gasteiger partial charge on any atom is 0.271 e. The van der Waals surface area contributed by atoms with Crippen LogP contribution in [-0.4, -0.2) is 41.5 Å². The zero-order valence-corrected chi connectivity index (χ0v) is 22.4. The number of hydrogen-bond acceptors (Lipinski definition) is 4. The van der Waals surface area contributed by atoms with Gasteiger partial charge in [-0.1, -0.05) is 65.7 Å². The van der Waals surface area contributed by atoms with Gasteiger partial charge in [0.2, 0.25) is 0 Å².